The highest BCUT2D eigenvalue weighted by Crippen LogP contribution is 2.34. The predicted octanol–water partition coefficient (Wildman–Crippen LogP) is 2.07. The molecule has 0 aliphatic carbocycles. The molecular weight excluding hydrogens is 416 g/mol. The van der Waals surface area contributed by atoms with Crippen molar-refractivity contribution in [2.45, 2.75) is 50.3 Å². The van der Waals surface area contributed by atoms with Crippen molar-refractivity contribution in [2.24, 2.45) is 5.41 Å². The lowest BCUT2D eigenvalue weighted by atomic mass is 9.83. The van der Waals surface area contributed by atoms with Gasteiger partial charge in [-0.05, 0) is 51.0 Å². The van der Waals surface area contributed by atoms with Gasteiger partial charge in [0.05, 0.1) is 21.8 Å². The summed E-state index contributed by atoms with van der Waals surface area (Å²) < 4.78 is 59.0. The highest BCUT2D eigenvalue weighted by Gasteiger charge is 2.43. The van der Waals surface area contributed by atoms with Crippen LogP contribution in [-0.2, 0) is 29.6 Å². The Balaban J connectivity index is 2.29. The van der Waals surface area contributed by atoms with Gasteiger partial charge in [0, 0.05) is 26.2 Å². The van der Waals surface area contributed by atoms with E-state index in [0.717, 1.165) is 0 Å². The molecule has 0 N–H and O–H groups in total. The number of hydrogen-bond acceptors (Lipinski definition) is 6. The van der Waals surface area contributed by atoms with Crippen molar-refractivity contribution in [1.29, 1.82) is 0 Å². The minimum absolute atomic E-state index is 0.00380. The van der Waals surface area contributed by atoms with Gasteiger partial charge in [-0.3, -0.25) is 4.79 Å². The van der Waals surface area contributed by atoms with Crippen LogP contribution in [0.1, 0.15) is 40.5 Å². The van der Waals surface area contributed by atoms with Gasteiger partial charge in [-0.15, -0.1) is 0 Å². The summed E-state index contributed by atoms with van der Waals surface area (Å²) in [6.45, 7) is 8.17. The molecular formula is C19H30N2O6S2. The van der Waals surface area contributed by atoms with E-state index in [-0.39, 0.29) is 22.9 Å². The molecule has 1 aliphatic heterocycles. The summed E-state index contributed by atoms with van der Waals surface area (Å²) in [7, 11) is -7.52. The smallest absolute Gasteiger partial charge is 0.313 e. The second-order valence-corrected chi connectivity index (χ2v) is 11.2. The third kappa shape index (κ3) is 4.82. The van der Waals surface area contributed by atoms with Crippen molar-refractivity contribution < 1.29 is 26.4 Å². The fourth-order valence-corrected chi connectivity index (χ4v) is 6.58. The van der Waals surface area contributed by atoms with Crippen molar-refractivity contribution >= 4 is 26.0 Å². The summed E-state index contributed by atoms with van der Waals surface area (Å²) in [6.07, 6.45) is 1.10. The first kappa shape index (κ1) is 23.8. The molecule has 0 unspecified atom stereocenters. The monoisotopic (exact) mass is 446 g/mol. The fourth-order valence-electron chi connectivity index (χ4n) is 3.52. The summed E-state index contributed by atoms with van der Waals surface area (Å²) in [5, 5.41) is 0. The van der Waals surface area contributed by atoms with Gasteiger partial charge < -0.3 is 4.74 Å². The van der Waals surface area contributed by atoms with Crippen molar-refractivity contribution in [3.05, 3.63) is 24.3 Å². The molecule has 1 atom stereocenters. The minimum Gasteiger partial charge on any atom is -0.466 e. The largest absolute Gasteiger partial charge is 0.466 e. The molecule has 29 heavy (non-hydrogen) atoms. The minimum atomic E-state index is -3.86. The number of ether oxygens (including phenoxy) is 1. The third-order valence-electron chi connectivity index (χ3n) is 5.23. The van der Waals surface area contributed by atoms with E-state index in [9.17, 15) is 21.6 Å². The number of sulfonamides is 2. The second kappa shape index (κ2) is 9.11. The van der Waals surface area contributed by atoms with Crippen LogP contribution in [0.2, 0.25) is 0 Å². The van der Waals surface area contributed by atoms with Crippen LogP contribution >= 0.6 is 0 Å². The summed E-state index contributed by atoms with van der Waals surface area (Å²) in [6, 6.07) is 5.24. The molecule has 0 radical (unpaired) electrons. The van der Waals surface area contributed by atoms with Crippen LogP contribution in [0.4, 0.5) is 0 Å². The zero-order chi connectivity index (χ0) is 21.9. The molecule has 10 heteroatoms. The zero-order valence-electron chi connectivity index (χ0n) is 17.4. The van der Waals surface area contributed by atoms with E-state index in [2.05, 4.69) is 0 Å². The number of carbonyl (C=O) groups is 1. The summed E-state index contributed by atoms with van der Waals surface area (Å²) in [4.78, 5) is 12.3. The molecule has 164 valence electrons. The van der Waals surface area contributed by atoms with Crippen LogP contribution in [0, 0.1) is 5.41 Å². The van der Waals surface area contributed by atoms with Crippen LogP contribution in [0.15, 0.2) is 34.1 Å². The van der Waals surface area contributed by atoms with Gasteiger partial charge in [-0.1, -0.05) is 13.8 Å². The van der Waals surface area contributed by atoms with Gasteiger partial charge in [0.1, 0.15) is 0 Å². The maximum atomic E-state index is 13.1. The van der Waals surface area contributed by atoms with Gasteiger partial charge >= 0.3 is 5.97 Å². The van der Waals surface area contributed by atoms with Crippen molar-refractivity contribution in [1.82, 2.24) is 8.61 Å². The van der Waals surface area contributed by atoms with E-state index < -0.39 is 31.4 Å². The Labute approximate surface area is 173 Å². The second-order valence-electron chi connectivity index (χ2n) is 7.28. The Hall–Kier alpha value is -1.49. The molecule has 0 aromatic heterocycles. The molecule has 0 bridgehead atoms. The first-order valence-corrected chi connectivity index (χ1v) is 12.7. The molecule has 8 nitrogen and oxygen atoms in total. The highest BCUT2D eigenvalue weighted by atomic mass is 32.2. The predicted molar refractivity (Wildman–Crippen MR) is 109 cm³/mol. The first-order chi connectivity index (χ1) is 13.5. The fraction of sp³-hybridized carbons (Fsp3) is 0.632. The number of benzene rings is 1. The van der Waals surface area contributed by atoms with Crippen LogP contribution in [0.3, 0.4) is 0 Å². The van der Waals surface area contributed by atoms with E-state index in [1.54, 1.807) is 27.7 Å². The molecule has 0 saturated carbocycles. The van der Waals surface area contributed by atoms with Crippen molar-refractivity contribution in [2.75, 3.05) is 32.8 Å². The Morgan fingerprint density at radius 2 is 1.62 bits per heavy atom. The molecule has 1 fully saturated rings. The molecule has 1 saturated heterocycles. The maximum Gasteiger partial charge on any atom is 0.313 e. The summed E-state index contributed by atoms with van der Waals surface area (Å²) >= 11 is 0. The van der Waals surface area contributed by atoms with Crippen molar-refractivity contribution in [3.63, 3.8) is 0 Å². The van der Waals surface area contributed by atoms with Gasteiger partial charge in [-0.25, -0.2) is 16.8 Å². The van der Waals surface area contributed by atoms with E-state index in [0.29, 0.717) is 32.5 Å². The average molecular weight is 447 g/mol. The lowest BCUT2D eigenvalue weighted by Crippen LogP contribution is -2.48. The molecule has 2 rings (SSSR count). The van der Waals surface area contributed by atoms with Gasteiger partial charge in [0.2, 0.25) is 20.0 Å². The molecule has 1 aromatic carbocycles. The molecule has 1 aliphatic rings. The summed E-state index contributed by atoms with van der Waals surface area (Å²) in [5.41, 5.74) is -0.895. The topological polar surface area (TPSA) is 101 Å². The number of carbonyl (C=O) groups excluding carboxylic acids is 1. The molecule has 1 aromatic rings. The van der Waals surface area contributed by atoms with Crippen LogP contribution in [0.5, 0.6) is 0 Å². The van der Waals surface area contributed by atoms with E-state index in [1.165, 1.54) is 32.9 Å². The van der Waals surface area contributed by atoms with Crippen LogP contribution in [0.25, 0.3) is 0 Å². The number of rotatable bonds is 8. The SMILES string of the molecule is CCOC(=O)[C@]1(C)CCCN(S(=O)(=O)c2ccc(S(=O)(=O)N(CC)CC)cc2)C1. The number of esters is 1. The third-order valence-corrected chi connectivity index (χ3v) is 9.16. The van der Waals surface area contributed by atoms with Crippen molar-refractivity contribution in [3.8, 4) is 0 Å². The molecule has 1 heterocycles. The van der Waals surface area contributed by atoms with E-state index >= 15 is 0 Å². The Morgan fingerprint density at radius 3 is 2.14 bits per heavy atom. The quantitative estimate of drug-likeness (QED) is 0.567. The standard InChI is InChI=1S/C19H30N2O6S2/c1-5-20(6-2)28(23,24)16-9-11-17(12-10-16)29(25,26)21-14-8-13-19(4,15-21)18(22)27-7-3/h9-12H,5-8,13-15H2,1-4H3/t19-/m1/s1. The number of nitrogens with zero attached hydrogens (tertiary/aromatic N) is 2. The van der Waals surface area contributed by atoms with Gasteiger partial charge in [0.25, 0.3) is 0 Å². The van der Waals surface area contributed by atoms with Gasteiger partial charge in [0.15, 0.2) is 0 Å². The number of piperidine rings is 1. The maximum absolute atomic E-state index is 13.1. The highest BCUT2D eigenvalue weighted by molar-refractivity contribution is 7.89. The normalized spacial score (nSPS) is 21.3. The number of hydrogen-bond donors (Lipinski definition) is 0. The lowest BCUT2D eigenvalue weighted by molar-refractivity contribution is -0.156. The Kier molecular flexibility index (Phi) is 7.47. The van der Waals surface area contributed by atoms with Crippen LogP contribution in [-0.4, -0.2) is 64.2 Å². The van der Waals surface area contributed by atoms with E-state index in [4.69, 9.17) is 4.74 Å². The lowest BCUT2D eigenvalue weighted by Gasteiger charge is -2.37. The van der Waals surface area contributed by atoms with E-state index in [1.807, 2.05) is 0 Å². The Bertz CT molecular complexity index is 924. The zero-order valence-corrected chi connectivity index (χ0v) is 19.1. The summed E-state index contributed by atoms with van der Waals surface area (Å²) in [5.74, 6) is -0.402. The Morgan fingerprint density at radius 1 is 1.07 bits per heavy atom. The van der Waals surface area contributed by atoms with Crippen LogP contribution < -0.4 is 0 Å². The average Bonchev–Trinajstić information content (AvgIpc) is 2.69. The molecule has 0 spiro atoms. The van der Waals surface area contributed by atoms with Gasteiger partial charge in [-0.2, -0.15) is 8.61 Å². The first-order valence-electron chi connectivity index (χ1n) is 9.80. The molecule has 0 amide bonds.